The van der Waals surface area contributed by atoms with Crippen LogP contribution in [0.2, 0.25) is 0 Å². The van der Waals surface area contributed by atoms with Crippen LogP contribution >= 0.6 is 0 Å². The Morgan fingerprint density at radius 1 is 1.05 bits per heavy atom. The van der Waals surface area contributed by atoms with E-state index in [2.05, 4.69) is 39.9 Å². The van der Waals surface area contributed by atoms with Gasteiger partial charge in [0.1, 0.15) is 17.6 Å². The van der Waals surface area contributed by atoms with Gasteiger partial charge in [0.2, 0.25) is 0 Å². The lowest BCUT2D eigenvalue weighted by Crippen LogP contribution is -2.42. The minimum absolute atomic E-state index is 0.120. The molecular weight excluding hydrogens is 250 g/mol. The highest BCUT2D eigenvalue weighted by molar-refractivity contribution is 5.31. The zero-order valence-electron chi connectivity index (χ0n) is 13.5. The van der Waals surface area contributed by atoms with E-state index in [0.717, 1.165) is 37.5 Å². The molecule has 0 heterocycles. The average Bonchev–Trinajstić information content (AvgIpc) is 2.41. The van der Waals surface area contributed by atoms with Crippen molar-refractivity contribution in [1.29, 1.82) is 0 Å². The summed E-state index contributed by atoms with van der Waals surface area (Å²) in [5, 5.41) is 3.48. The van der Waals surface area contributed by atoms with Crippen molar-refractivity contribution >= 4 is 0 Å². The minimum Gasteiger partial charge on any atom is -0.494 e. The van der Waals surface area contributed by atoms with Crippen LogP contribution in [0.25, 0.3) is 0 Å². The molecule has 1 N–H and O–H groups in total. The first-order chi connectivity index (χ1) is 9.44. The molecule has 0 aliphatic carbocycles. The van der Waals surface area contributed by atoms with E-state index in [-0.39, 0.29) is 11.6 Å². The van der Waals surface area contributed by atoms with Crippen LogP contribution in [0.15, 0.2) is 24.3 Å². The van der Waals surface area contributed by atoms with Gasteiger partial charge < -0.3 is 14.8 Å². The Labute approximate surface area is 123 Å². The molecule has 0 radical (unpaired) electrons. The lowest BCUT2D eigenvalue weighted by atomic mass is 10.1. The SMILES string of the molecule is CCCOc1ccc(OC(CC)CNC(C)(C)C)cc1. The Morgan fingerprint density at radius 2 is 1.65 bits per heavy atom. The monoisotopic (exact) mass is 279 g/mol. The Balaban J connectivity index is 2.48. The van der Waals surface area contributed by atoms with Crippen LogP contribution < -0.4 is 14.8 Å². The fourth-order valence-corrected chi connectivity index (χ4v) is 1.72. The second-order valence-corrected chi connectivity index (χ2v) is 6.10. The van der Waals surface area contributed by atoms with E-state index in [1.165, 1.54) is 0 Å². The van der Waals surface area contributed by atoms with Crippen molar-refractivity contribution in [3.63, 3.8) is 0 Å². The fraction of sp³-hybridized carbons (Fsp3) is 0.647. The summed E-state index contributed by atoms with van der Waals surface area (Å²) in [5.74, 6) is 1.80. The van der Waals surface area contributed by atoms with Gasteiger partial charge in [-0.2, -0.15) is 0 Å². The van der Waals surface area contributed by atoms with Gasteiger partial charge in [-0.3, -0.25) is 0 Å². The number of hydrogen-bond acceptors (Lipinski definition) is 3. The molecule has 3 heteroatoms. The van der Waals surface area contributed by atoms with Gasteiger partial charge in [-0.15, -0.1) is 0 Å². The van der Waals surface area contributed by atoms with Gasteiger partial charge in [-0.05, 0) is 57.9 Å². The molecule has 1 unspecified atom stereocenters. The van der Waals surface area contributed by atoms with Gasteiger partial charge in [0, 0.05) is 12.1 Å². The largest absolute Gasteiger partial charge is 0.494 e. The van der Waals surface area contributed by atoms with Gasteiger partial charge >= 0.3 is 0 Å². The average molecular weight is 279 g/mol. The zero-order chi connectivity index (χ0) is 15.0. The first-order valence-corrected chi connectivity index (χ1v) is 7.59. The Morgan fingerprint density at radius 3 is 2.15 bits per heavy atom. The molecule has 3 nitrogen and oxygen atoms in total. The molecule has 0 aromatic heterocycles. The molecule has 0 bridgehead atoms. The van der Waals surface area contributed by atoms with Gasteiger partial charge in [0.05, 0.1) is 6.61 Å². The van der Waals surface area contributed by atoms with E-state index in [0.29, 0.717) is 0 Å². The topological polar surface area (TPSA) is 30.5 Å². The summed E-state index contributed by atoms with van der Waals surface area (Å²) in [6.45, 7) is 12.4. The minimum atomic E-state index is 0.120. The van der Waals surface area contributed by atoms with E-state index >= 15 is 0 Å². The van der Waals surface area contributed by atoms with Crippen molar-refractivity contribution in [3.8, 4) is 11.5 Å². The van der Waals surface area contributed by atoms with Gasteiger partial charge in [0.15, 0.2) is 0 Å². The third kappa shape index (κ3) is 6.80. The third-order valence-corrected chi connectivity index (χ3v) is 2.91. The van der Waals surface area contributed by atoms with Crippen molar-refractivity contribution in [2.24, 2.45) is 0 Å². The maximum atomic E-state index is 6.00. The zero-order valence-corrected chi connectivity index (χ0v) is 13.5. The summed E-state index contributed by atoms with van der Waals surface area (Å²) in [7, 11) is 0. The summed E-state index contributed by atoms with van der Waals surface area (Å²) in [4.78, 5) is 0. The second-order valence-electron chi connectivity index (χ2n) is 6.10. The van der Waals surface area contributed by atoms with Crippen LogP contribution in [0, 0.1) is 0 Å². The maximum Gasteiger partial charge on any atom is 0.120 e. The van der Waals surface area contributed by atoms with Gasteiger partial charge in [-0.25, -0.2) is 0 Å². The van der Waals surface area contributed by atoms with E-state index in [4.69, 9.17) is 9.47 Å². The molecule has 0 saturated carbocycles. The smallest absolute Gasteiger partial charge is 0.120 e. The molecular formula is C17H29NO2. The maximum absolute atomic E-state index is 6.00. The Hall–Kier alpha value is -1.22. The van der Waals surface area contributed by atoms with Crippen LogP contribution in [0.3, 0.4) is 0 Å². The van der Waals surface area contributed by atoms with Crippen molar-refractivity contribution in [2.75, 3.05) is 13.2 Å². The Kier molecular flexibility index (Phi) is 6.86. The molecule has 0 saturated heterocycles. The number of nitrogens with one attached hydrogen (secondary N) is 1. The predicted octanol–water partition coefficient (Wildman–Crippen LogP) is 4.02. The molecule has 1 aromatic rings. The number of rotatable bonds is 8. The first kappa shape index (κ1) is 16.8. The van der Waals surface area contributed by atoms with Crippen molar-refractivity contribution < 1.29 is 9.47 Å². The lowest BCUT2D eigenvalue weighted by Gasteiger charge is -2.25. The molecule has 0 aliphatic heterocycles. The molecule has 0 amide bonds. The quantitative estimate of drug-likeness (QED) is 0.779. The van der Waals surface area contributed by atoms with Crippen molar-refractivity contribution in [2.45, 2.75) is 59.1 Å². The van der Waals surface area contributed by atoms with E-state index in [1.807, 2.05) is 24.3 Å². The van der Waals surface area contributed by atoms with Crippen LogP contribution in [-0.2, 0) is 0 Å². The summed E-state index contributed by atoms with van der Waals surface area (Å²) < 4.78 is 11.6. The first-order valence-electron chi connectivity index (χ1n) is 7.59. The molecule has 1 aromatic carbocycles. The molecule has 0 fully saturated rings. The van der Waals surface area contributed by atoms with Crippen molar-refractivity contribution in [1.82, 2.24) is 5.32 Å². The third-order valence-electron chi connectivity index (χ3n) is 2.91. The van der Waals surface area contributed by atoms with Gasteiger partial charge in [-0.1, -0.05) is 13.8 Å². The molecule has 0 spiro atoms. The number of benzene rings is 1. The Bertz CT molecular complexity index is 368. The van der Waals surface area contributed by atoms with Crippen LogP contribution in [0.4, 0.5) is 0 Å². The van der Waals surface area contributed by atoms with E-state index < -0.39 is 0 Å². The van der Waals surface area contributed by atoms with Crippen molar-refractivity contribution in [3.05, 3.63) is 24.3 Å². The molecule has 114 valence electrons. The molecule has 20 heavy (non-hydrogen) atoms. The van der Waals surface area contributed by atoms with Crippen LogP contribution in [0.1, 0.15) is 47.5 Å². The molecule has 1 rings (SSSR count). The lowest BCUT2D eigenvalue weighted by molar-refractivity contribution is 0.181. The highest BCUT2D eigenvalue weighted by Gasteiger charge is 2.14. The normalized spacial score (nSPS) is 13.1. The summed E-state index contributed by atoms with van der Waals surface area (Å²) in [6.07, 6.45) is 2.20. The van der Waals surface area contributed by atoms with E-state index in [1.54, 1.807) is 0 Å². The highest BCUT2D eigenvalue weighted by atomic mass is 16.5. The highest BCUT2D eigenvalue weighted by Crippen LogP contribution is 2.19. The molecule has 0 aliphatic rings. The number of ether oxygens (including phenoxy) is 2. The molecule has 1 atom stereocenters. The van der Waals surface area contributed by atoms with E-state index in [9.17, 15) is 0 Å². The number of hydrogen-bond donors (Lipinski definition) is 1. The standard InChI is InChI=1S/C17H29NO2/c1-6-12-19-15-8-10-16(11-9-15)20-14(7-2)13-18-17(3,4)5/h8-11,14,18H,6-7,12-13H2,1-5H3. The summed E-state index contributed by atoms with van der Waals surface area (Å²) in [5.41, 5.74) is 0.120. The van der Waals surface area contributed by atoms with Gasteiger partial charge in [0.25, 0.3) is 0 Å². The summed E-state index contributed by atoms with van der Waals surface area (Å²) >= 11 is 0. The predicted molar refractivity (Wildman–Crippen MR) is 84.7 cm³/mol. The van der Waals surface area contributed by atoms with Crippen LogP contribution in [0.5, 0.6) is 11.5 Å². The summed E-state index contributed by atoms with van der Waals surface area (Å²) in [6, 6.07) is 7.89. The second kappa shape index (κ2) is 8.15. The fourth-order valence-electron chi connectivity index (χ4n) is 1.72. The van der Waals surface area contributed by atoms with Crippen LogP contribution in [-0.4, -0.2) is 24.8 Å².